The van der Waals surface area contributed by atoms with E-state index in [-0.39, 0.29) is 5.75 Å². The average molecular weight is 307 g/mol. The molecule has 0 heterocycles. The van der Waals surface area contributed by atoms with Gasteiger partial charge >= 0.3 is 10.1 Å². The maximum atomic E-state index is 11.8. The first-order chi connectivity index (χ1) is 9.99. The number of aliphatic hydroxyl groups excluding tert-OH is 1. The fourth-order valence-corrected chi connectivity index (χ4v) is 2.30. The van der Waals surface area contributed by atoms with E-state index in [9.17, 15) is 18.3 Å². The molecule has 6 nitrogen and oxygen atoms in total. The van der Waals surface area contributed by atoms with Crippen molar-refractivity contribution >= 4 is 21.7 Å². The second-order valence-electron chi connectivity index (χ2n) is 4.10. The van der Waals surface area contributed by atoms with Crippen molar-refractivity contribution < 1.29 is 22.5 Å². The lowest BCUT2D eigenvalue weighted by Crippen LogP contribution is -2.37. The molecular formula is C14H13NO5S. The average Bonchev–Trinajstić information content (AvgIpc) is 2.48. The lowest BCUT2D eigenvalue weighted by molar-refractivity contribution is -0.120. The molecule has 2 N–H and O–H groups in total. The van der Waals surface area contributed by atoms with E-state index < -0.39 is 21.5 Å². The molecule has 2 rings (SSSR count). The monoisotopic (exact) mass is 307 g/mol. The SMILES string of the molecule is O=C(Nc1ccccc1)C(O)S(=O)(=O)Oc1ccccc1. The topological polar surface area (TPSA) is 92.7 Å². The van der Waals surface area contributed by atoms with Crippen LogP contribution in [-0.4, -0.2) is 24.9 Å². The fourth-order valence-electron chi connectivity index (χ4n) is 1.51. The van der Waals surface area contributed by atoms with Crippen LogP contribution in [0.4, 0.5) is 5.69 Å². The molecule has 110 valence electrons. The predicted octanol–water partition coefficient (Wildman–Crippen LogP) is 1.35. The number of carbonyl (C=O) groups excluding carboxylic acids is 1. The van der Waals surface area contributed by atoms with E-state index in [2.05, 4.69) is 9.50 Å². The minimum atomic E-state index is -4.49. The zero-order chi connectivity index (χ0) is 15.3. The molecule has 21 heavy (non-hydrogen) atoms. The van der Waals surface area contributed by atoms with Crippen molar-refractivity contribution in [3.05, 3.63) is 60.7 Å². The molecule has 2 aromatic rings. The van der Waals surface area contributed by atoms with Crippen molar-refractivity contribution in [1.82, 2.24) is 0 Å². The Bertz CT molecular complexity index is 701. The number of aliphatic hydroxyl groups is 1. The smallest absolute Gasteiger partial charge is 0.346 e. The summed E-state index contributed by atoms with van der Waals surface area (Å²) in [6.45, 7) is 0. The number of anilines is 1. The third kappa shape index (κ3) is 4.04. The minimum absolute atomic E-state index is 0.0176. The molecule has 0 spiro atoms. The molecule has 1 unspecified atom stereocenters. The van der Waals surface area contributed by atoms with Gasteiger partial charge in [0.15, 0.2) is 0 Å². The summed E-state index contributed by atoms with van der Waals surface area (Å²) in [4.78, 5) is 11.7. The summed E-state index contributed by atoms with van der Waals surface area (Å²) in [5.41, 5.74) is -1.95. The van der Waals surface area contributed by atoms with Crippen molar-refractivity contribution in [2.75, 3.05) is 5.32 Å². The molecule has 0 radical (unpaired) electrons. The van der Waals surface area contributed by atoms with Crippen LogP contribution in [0.2, 0.25) is 0 Å². The number of nitrogens with one attached hydrogen (secondary N) is 1. The number of para-hydroxylation sites is 2. The van der Waals surface area contributed by atoms with E-state index in [0.29, 0.717) is 5.69 Å². The van der Waals surface area contributed by atoms with Gasteiger partial charge < -0.3 is 14.6 Å². The largest absolute Gasteiger partial charge is 0.380 e. The summed E-state index contributed by atoms with van der Waals surface area (Å²) in [6, 6.07) is 15.8. The van der Waals surface area contributed by atoms with Gasteiger partial charge in [-0.15, -0.1) is 0 Å². The zero-order valence-corrected chi connectivity index (χ0v) is 11.7. The first kappa shape index (κ1) is 15.0. The molecule has 2 aromatic carbocycles. The van der Waals surface area contributed by atoms with Crippen LogP contribution in [0.15, 0.2) is 60.7 Å². The molecule has 1 atom stereocenters. The Kier molecular flexibility index (Phi) is 4.56. The van der Waals surface area contributed by atoms with Gasteiger partial charge in [-0.2, -0.15) is 8.42 Å². The fraction of sp³-hybridized carbons (Fsp3) is 0.0714. The highest BCUT2D eigenvalue weighted by Crippen LogP contribution is 2.15. The van der Waals surface area contributed by atoms with E-state index in [4.69, 9.17) is 0 Å². The molecule has 1 amide bonds. The van der Waals surface area contributed by atoms with Crippen molar-refractivity contribution in [2.45, 2.75) is 5.44 Å². The number of carbonyl (C=O) groups is 1. The Labute approximate surface area is 122 Å². The van der Waals surface area contributed by atoms with E-state index in [1.54, 1.807) is 48.5 Å². The Morgan fingerprint density at radius 2 is 1.52 bits per heavy atom. The highest BCUT2D eigenvalue weighted by atomic mass is 32.2. The standard InChI is InChI=1S/C14H13NO5S/c16-13(15-11-7-3-1-4-8-11)14(17)21(18,19)20-12-9-5-2-6-10-12/h1-10,14,17H,(H,15,16). The van der Waals surface area contributed by atoms with Crippen molar-refractivity contribution in [3.63, 3.8) is 0 Å². The molecule has 0 bridgehead atoms. The third-order valence-corrected chi connectivity index (χ3v) is 3.68. The maximum absolute atomic E-state index is 11.8. The van der Waals surface area contributed by atoms with Gasteiger partial charge in [-0.25, -0.2) is 0 Å². The molecule has 7 heteroatoms. The van der Waals surface area contributed by atoms with Gasteiger partial charge in [-0.1, -0.05) is 36.4 Å². The first-order valence-corrected chi connectivity index (χ1v) is 7.48. The summed E-state index contributed by atoms with van der Waals surface area (Å²) >= 11 is 0. The van der Waals surface area contributed by atoms with Crippen LogP contribution in [0.1, 0.15) is 0 Å². The van der Waals surface area contributed by atoms with E-state index >= 15 is 0 Å². The Morgan fingerprint density at radius 3 is 2.10 bits per heavy atom. The number of hydrogen-bond acceptors (Lipinski definition) is 5. The molecule has 0 saturated carbocycles. The summed E-state index contributed by atoms with van der Waals surface area (Å²) in [5, 5.41) is 11.9. The van der Waals surface area contributed by atoms with Gasteiger partial charge in [0, 0.05) is 5.69 Å². The maximum Gasteiger partial charge on any atom is 0.346 e. The summed E-state index contributed by atoms with van der Waals surface area (Å²) in [5.74, 6) is -1.07. The summed E-state index contributed by atoms with van der Waals surface area (Å²) in [6.07, 6.45) is 0. The van der Waals surface area contributed by atoms with Gasteiger partial charge in [-0.05, 0) is 24.3 Å². The van der Waals surface area contributed by atoms with Gasteiger partial charge in [-0.3, -0.25) is 4.79 Å². The van der Waals surface area contributed by atoms with Crippen LogP contribution in [0, 0.1) is 0 Å². The van der Waals surface area contributed by atoms with Crippen molar-refractivity contribution in [3.8, 4) is 5.75 Å². The number of amides is 1. The Hall–Kier alpha value is -2.38. The molecule has 0 saturated heterocycles. The number of rotatable bonds is 5. The molecule has 0 aromatic heterocycles. The zero-order valence-electron chi connectivity index (χ0n) is 10.8. The predicted molar refractivity (Wildman–Crippen MR) is 77.1 cm³/mol. The van der Waals surface area contributed by atoms with Crippen LogP contribution >= 0.6 is 0 Å². The minimum Gasteiger partial charge on any atom is -0.380 e. The normalized spacial score (nSPS) is 12.4. The van der Waals surface area contributed by atoms with Crippen molar-refractivity contribution in [2.24, 2.45) is 0 Å². The lowest BCUT2D eigenvalue weighted by atomic mass is 10.3. The molecule has 0 aliphatic rings. The third-order valence-electron chi connectivity index (χ3n) is 2.49. The van der Waals surface area contributed by atoms with E-state index in [1.165, 1.54) is 12.1 Å². The summed E-state index contributed by atoms with van der Waals surface area (Å²) in [7, 11) is -4.49. The first-order valence-electron chi connectivity index (χ1n) is 6.01. The van der Waals surface area contributed by atoms with Crippen LogP contribution < -0.4 is 9.50 Å². The van der Waals surface area contributed by atoms with Gasteiger partial charge in [0.1, 0.15) is 5.75 Å². The van der Waals surface area contributed by atoms with Crippen LogP contribution in [-0.2, 0) is 14.9 Å². The van der Waals surface area contributed by atoms with Crippen LogP contribution in [0.3, 0.4) is 0 Å². The Balaban J connectivity index is 2.07. The Morgan fingerprint density at radius 1 is 1.00 bits per heavy atom. The van der Waals surface area contributed by atoms with Gasteiger partial charge in [0.05, 0.1) is 0 Å². The molecule has 0 aliphatic heterocycles. The summed E-state index contributed by atoms with van der Waals surface area (Å²) < 4.78 is 28.3. The number of benzene rings is 2. The van der Waals surface area contributed by atoms with Crippen LogP contribution in [0.5, 0.6) is 5.75 Å². The number of hydrogen-bond donors (Lipinski definition) is 2. The lowest BCUT2D eigenvalue weighted by Gasteiger charge is -2.13. The van der Waals surface area contributed by atoms with E-state index in [0.717, 1.165) is 0 Å². The quantitative estimate of drug-likeness (QED) is 0.813. The molecular weight excluding hydrogens is 294 g/mol. The van der Waals surface area contributed by atoms with Gasteiger partial charge in [0.2, 0.25) is 0 Å². The molecule has 0 aliphatic carbocycles. The van der Waals surface area contributed by atoms with E-state index in [1.807, 2.05) is 0 Å². The second-order valence-corrected chi connectivity index (χ2v) is 5.70. The highest BCUT2D eigenvalue weighted by molar-refractivity contribution is 7.88. The van der Waals surface area contributed by atoms with Gasteiger partial charge in [0.25, 0.3) is 11.3 Å². The second kappa shape index (κ2) is 6.38. The van der Waals surface area contributed by atoms with Crippen LogP contribution in [0.25, 0.3) is 0 Å². The molecule has 0 fully saturated rings. The van der Waals surface area contributed by atoms with Crippen molar-refractivity contribution in [1.29, 1.82) is 0 Å². The highest BCUT2D eigenvalue weighted by Gasteiger charge is 2.32.